The van der Waals surface area contributed by atoms with Crippen molar-refractivity contribution in [1.82, 2.24) is 10.1 Å². The van der Waals surface area contributed by atoms with Crippen molar-refractivity contribution in [3.63, 3.8) is 0 Å². The molecule has 1 aromatic carbocycles. The van der Waals surface area contributed by atoms with E-state index in [2.05, 4.69) is 5.16 Å². The maximum Gasteiger partial charge on any atom is 0.292 e. The number of carbonyl (C=O) groups is 1. The lowest BCUT2D eigenvalue weighted by Crippen LogP contribution is -2.36. The Bertz CT molecular complexity index is 551. The summed E-state index contributed by atoms with van der Waals surface area (Å²) < 4.78 is 5.02. The Kier molecular flexibility index (Phi) is 4.90. The minimum absolute atomic E-state index is 0.160. The van der Waals surface area contributed by atoms with Gasteiger partial charge in [0.2, 0.25) is 5.76 Å². The van der Waals surface area contributed by atoms with Crippen LogP contribution in [0, 0.1) is 6.92 Å². The molecule has 0 aliphatic rings. The van der Waals surface area contributed by atoms with Crippen LogP contribution in [0.4, 0.5) is 0 Å². The van der Waals surface area contributed by atoms with Gasteiger partial charge in [-0.05, 0) is 18.9 Å². The monoisotopic (exact) mass is 273 g/mol. The minimum Gasteiger partial charge on any atom is -0.351 e. The second-order valence-electron chi connectivity index (χ2n) is 4.65. The summed E-state index contributed by atoms with van der Waals surface area (Å²) in [6.45, 7) is 3.33. The number of amides is 1. The highest BCUT2D eigenvalue weighted by Crippen LogP contribution is 2.08. The van der Waals surface area contributed by atoms with E-state index in [4.69, 9.17) is 10.3 Å². The van der Waals surface area contributed by atoms with Crippen LogP contribution in [0.3, 0.4) is 0 Å². The molecule has 1 amide bonds. The molecule has 0 saturated heterocycles. The van der Waals surface area contributed by atoms with Crippen LogP contribution in [-0.4, -0.2) is 35.6 Å². The Morgan fingerprint density at radius 3 is 2.65 bits per heavy atom. The van der Waals surface area contributed by atoms with E-state index >= 15 is 0 Å². The smallest absolute Gasteiger partial charge is 0.292 e. The van der Waals surface area contributed by atoms with Crippen LogP contribution in [-0.2, 0) is 6.42 Å². The topological polar surface area (TPSA) is 72.4 Å². The molecule has 0 saturated carbocycles. The first-order valence-corrected chi connectivity index (χ1v) is 6.67. The lowest BCUT2D eigenvalue weighted by atomic mass is 10.1. The first-order valence-electron chi connectivity index (χ1n) is 6.67. The predicted molar refractivity (Wildman–Crippen MR) is 76.3 cm³/mol. The van der Waals surface area contributed by atoms with Gasteiger partial charge in [0.1, 0.15) is 0 Å². The Labute approximate surface area is 118 Å². The van der Waals surface area contributed by atoms with E-state index in [9.17, 15) is 4.79 Å². The van der Waals surface area contributed by atoms with Gasteiger partial charge in [-0.25, -0.2) is 0 Å². The van der Waals surface area contributed by atoms with Crippen LogP contribution in [0.1, 0.15) is 21.8 Å². The van der Waals surface area contributed by atoms with Crippen molar-refractivity contribution in [1.29, 1.82) is 0 Å². The third-order valence-electron chi connectivity index (χ3n) is 3.04. The normalized spacial score (nSPS) is 10.5. The van der Waals surface area contributed by atoms with Crippen molar-refractivity contribution in [2.24, 2.45) is 5.73 Å². The summed E-state index contributed by atoms with van der Waals surface area (Å²) in [5.41, 5.74) is 7.47. The molecular weight excluding hydrogens is 254 g/mol. The van der Waals surface area contributed by atoms with E-state index in [1.165, 1.54) is 5.56 Å². The average molecular weight is 273 g/mol. The van der Waals surface area contributed by atoms with Crippen molar-refractivity contribution >= 4 is 5.91 Å². The summed E-state index contributed by atoms with van der Waals surface area (Å²) in [7, 11) is 0. The van der Waals surface area contributed by atoms with E-state index in [0.29, 0.717) is 25.3 Å². The second kappa shape index (κ2) is 6.86. The molecule has 0 spiro atoms. The van der Waals surface area contributed by atoms with E-state index in [1.807, 2.05) is 30.3 Å². The number of nitrogens with two attached hydrogens (primary N) is 1. The average Bonchev–Trinajstić information content (AvgIpc) is 2.90. The second-order valence-corrected chi connectivity index (χ2v) is 4.65. The molecule has 0 bridgehead atoms. The molecule has 20 heavy (non-hydrogen) atoms. The van der Waals surface area contributed by atoms with Crippen LogP contribution >= 0.6 is 0 Å². The number of nitrogens with zero attached hydrogens (tertiary/aromatic N) is 2. The highest BCUT2D eigenvalue weighted by molar-refractivity contribution is 5.91. The predicted octanol–water partition coefficient (Wildman–Crippen LogP) is 1.63. The maximum absolute atomic E-state index is 12.3. The fourth-order valence-corrected chi connectivity index (χ4v) is 2.00. The molecule has 0 atom stereocenters. The third kappa shape index (κ3) is 3.68. The van der Waals surface area contributed by atoms with Gasteiger partial charge in [0, 0.05) is 25.7 Å². The largest absolute Gasteiger partial charge is 0.351 e. The lowest BCUT2D eigenvalue weighted by molar-refractivity contribution is 0.0720. The number of rotatable bonds is 6. The van der Waals surface area contributed by atoms with Crippen molar-refractivity contribution in [2.45, 2.75) is 13.3 Å². The zero-order chi connectivity index (χ0) is 14.4. The molecule has 0 aliphatic heterocycles. The molecule has 1 heterocycles. The van der Waals surface area contributed by atoms with Crippen LogP contribution < -0.4 is 5.73 Å². The van der Waals surface area contributed by atoms with Crippen LogP contribution in [0.15, 0.2) is 40.9 Å². The van der Waals surface area contributed by atoms with E-state index in [1.54, 1.807) is 17.9 Å². The van der Waals surface area contributed by atoms with Gasteiger partial charge in [0.15, 0.2) is 0 Å². The molecule has 1 aromatic heterocycles. The van der Waals surface area contributed by atoms with Gasteiger partial charge < -0.3 is 15.2 Å². The summed E-state index contributed by atoms with van der Waals surface area (Å²) in [6, 6.07) is 11.7. The maximum atomic E-state index is 12.3. The standard InChI is InChI=1S/C15H19N3O2/c1-12-11-14(20-17-12)15(19)18(10-8-16)9-7-13-5-3-2-4-6-13/h2-6,11H,7-10,16H2,1H3. The minimum atomic E-state index is -0.160. The SMILES string of the molecule is Cc1cc(C(=O)N(CCN)CCc2ccccc2)on1. The molecule has 2 N–H and O–H groups in total. The Balaban J connectivity index is 2.01. The zero-order valence-corrected chi connectivity index (χ0v) is 11.6. The van der Waals surface area contributed by atoms with Crippen LogP contribution in [0.5, 0.6) is 0 Å². The molecule has 5 heteroatoms. The lowest BCUT2D eigenvalue weighted by Gasteiger charge is -2.20. The fraction of sp³-hybridized carbons (Fsp3) is 0.333. The van der Waals surface area contributed by atoms with E-state index in [0.717, 1.165) is 6.42 Å². The quantitative estimate of drug-likeness (QED) is 0.868. The van der Waals surface area contributed by atoms with Gasteiger partial charge in [-0.2, -0.15) is 0 Å². The van der Waals surface area contributed by atoms with Gasteiger partial charge in [-0.1, -0.05) is 35.5 Å². The molecule has 2 rings (SSSR count). The molecule has 106 valence electrons. The highest BCUT2D eigenvalue weighted by Gasteiger charge is 2.19. The Morgan fingerprint density at radius 1 is 1.30 bits per heavy atom. The van der Waals surface area contributed by atoms with Gasteiger partial charge >= 0.3 is 0 Å². The number of hydrogen-bond donors (Lipinski definition) is 1. The van der Waals surface area contributed by atoms with Gasteiger partial charge in [-0.15, -0.1) is 0 Å². The van der Waals surface area contributed by atoms with Crippen molar-refractivity contribution in [2.75, 3.05) is 19.6 Å². The number of benzene rings is 1. The Morgan fingerprint density at radius 2 is 2.05 bits per heavy atom. The van der Waals surface area contributed by atoms with Crippen molar-refractivity contribution in [3.05, 3.63) is 53.4 Å². The number of aromatic nitrogens is 1. The number of carbonyl (C=O) groups excluding carboxylic acids is 1. The molecule has 0 radical (unpaired) electrons. The molecule has 5 nitrogen and oxygen atoms in total. The first kappa shape index (κ1) is 14.3. The van der Waals surface area contributed by atoms with Crippen LogP contribution in [0.2, 0.25) is 0 Å². The highest BCUT2D eigenvalue weighted by atomic mass is 16.5. The summed E-state index contributed by atoms with van der Waals surface area (Å²) >= 11 is 0. The first-order chi connectivity index (χ1) is 9.70. The van der Waals surface area contributed by atoms with E-state index < -0.39 is 0 Å². The summed E-state index contributed by atoms with van der Waals surface area (Å²) in [6.07, 6.45) is 0.791. The van der Waals surface area contributed by atoms with E-state index in [-0.39, 0.29) is 11.7 Å². The Hall–Kier alpha value is -2.14. The molecule has 0 unspecified atom stereocenters. The summed E-state index contributed by atoms with van der Waals surface area (Å²) in [5.74, 6) is 0.107. The van der Waals surface area contributed by atoms with Crippen LogP contribution in [0.25, 0.3) is 0 Å². The molecule has 0 fully saturated rings. The fourth-order valence-electron chi connectivity index (χ4n) is 2.00. The zero-order valence-electron chi connectivity index (χ0n) is 11.6. The summed E-state index contributed by atoms with van der Waals surface area (Å²) in [5, 5.41) is 3.74. The molecule has 2 aromatic rings. The summed E-state index contributed by atoms with van der Waals surface area (Å²) in [4.78, 5) is 14.0. The van der Waals surface area contributed by atoms with Gasteiger partial charge in [-0.3, -0.25) is 4.79 Å². The van der Waals surface area contributed by atoms with Crippen molar-refractivity contribution in [3.8, 4) is 0 Å². The van der Waals surface area contributed by atoms with Crippen molar-refractivity contribution < 1.29 is 9.32 Å². The molecular formula is C15H19N3O2. The van der Waals surface area contributed by atoms with Gasteiger partial charge in [0.25, 0.3) is 5.91 Å². The number of hydrogen-bond acceptors (Lipinski definition) is 4. The number of aryl methyl sites for hydroxylation is 1. The molecule has 0 aliphatic carbocycles. The van der Waals surface area contributed by atoms with Gasteiger partial charge in [0.05, 0.1) is 5.69 Å². The third-order valence-corrected chi connectivity index (χ3v) is 3.04.